The molecule has 0 saturated carbocycles. The van der Waals surface area contributed by atoms with E-state index >= 15 is 0 Å². The molecule has 5 nitrogen and oxygen atoms in total. The zero-order valence-corrected chi connectivity index (χ0v) is 19.0. The zero-order valence-electron chi connectivity index (χ0n) is 18.2. The van der Waals surface area contributed by atoms with E-state index in [1.54, 1.807) is 13.3 Å². The molecule has 0 radical (unpaired) electrons. The molecule has 3 aromatic rings. The van der Waals surface area contributed by atoms with Crippen molar-refractivity contribution in [1.82, 2.24) is 0 Å². The van der Waals surface area contributed by atoms with Crippen LogP contribution in [0.4, 0.5) is 0 Å². The van der Waals surface area contributed by atoms with E-state index in [9.17, 15) is 0 Å². The summed E-state index contributed by atoms with van der Waals surface area (Å²) in [6.45, 7) is 0.419. The number of thioether (sulfide) groups is 1. The lowest BCUT2D eigenvalue weighted by Gasteiger charge is -2.12. The van der Waals surface area contributed by atoms with Gasteiger partial charge in [0.25, 0.3) is 0 Å². The minimum atomic E-state index is 0.419. The SMILES string of the molecule is COc1ccc(C=NN=C(N)SCc2ccccc2)cc1COc1ccc2c(c1)CCC2. The van der Waals surface area contributed by atoms with Crippen LogP contribution in [0.3, 0.4) is 0 Å². The lowest BCUT2D eigenvalue weighted by Crippen LogP contribution is -2.06. The number of amidine groups is 1. The molecule has 0 aromatic heterocycles. The van der Waals surface area contributed by atoms with Gasteiger partial charge in [0.15, 0.2) is 5.17 Å². The lowest BCUT2D eigenvalue weighted by atomic mass is 10.1. The molecule has 0 heterocycles. The summed E-state index contributed by atoms with van der Waals surface area (Å²) >= 11 is 1.46. The summed E-state index contributed by atoms with van der Waals surface area (Å²) in [6, 6.07) is 22.4. The third kappa shape index (κ3) is 5.92. The van der Waals surface area contributed by atoms with Crippen molar-refractivity contribution in [2.24, 2.45) is 15.9 Å². The van der Waals surface area contributed by atoms with Crippen LogP contribution in [0.15, 0.2) is 76.9 Å². The van der Waals surface area contributed by atoms with Crippen molar-refractivity contribution in [3.05, 3.63) is 94.5 Å². The number of aryl methyl sites for hydroxylation is 2. The summed E-state index contributed by atoms with van der Waals surface area (Å²) in [5.74, 6) is 2.43. The quantitative estimate of drug-likeness (QED) is 0.288. The second-order valence-electron chi connectivity index (χ2n) is 7.60. The van der Waals surface area contributed by atoms with E-state index < -0.39 is 0 Å². The van der Waals surface area contributed by atoms with Crippen LogP contribution < -0.4 is 15.2 Å². The molecule has 2 N–H and O–H groups in total. The molecule has 1 aliphatic rings. The van der Waals surface area contributed by atoms with E-state index in [-0.39, 0.29) is 0 Å². The van der Waals surface area contributed by atoms with Crippen LogP contribution in [0.5, 0.6) is 11.5 Å². The fourth-order valence-electron chi connectivity index (χ4n) is 3.70. The van der Waals surface area contributed by atoms with Crippen molar-refractivity contribution in [3.8, 4) is 11.5 Å². The topological polar surface area (TPSA) is 69.2 Å². The number of nitrogens with zero attached hydrogens (tertiary/aromatic N) is 2. The highest BCUT2D eigenvalue weighted by molar-refractivity contribution is 8.13. The zero-order chi connectivity index (χ0) is 22.2. The number of fused-ring (bicyclic) bond motifs is 1. The van der Waals surface area contributed by atoms with Gasteiger partial charge in [0.05, 0.1) is 13.3 Å². The van der Waals surface area contributed by atoms with Gasteiger partial charge in [0.2, 0.25) is 0 Å². The Bertz CT molecular complexity index is 1110. The Labute approximate surface area is 193 Å². The van der Waals surface area contributed by atoms with Crippen molar-refractivity contribution in [3.63, 3.8) is 0 Å². The van der Waals surface area contributed by atoms with Gasteiger partial charge >= 0.3 is 0 Å². The molecule has 0 spiro atoms. The third-order valence-electron chi connectivity index (χ3n) is 5.36. The van der Waals surface area contributed by atoms with Gasteiger partial charge in [-0.15, -0.1) is 5.10 Å². The van der Waals surface area contributed by atoms with Crippen LogP contribution >= 0.6 is 11.8 Å². The molecule has 164 valence electrons. The normalized spacial score (nSPS) is 13.3. The van der Waals surface area contributed by atoms with Crippen LogP contribution in [0.25, 0.3) is 0 Å². The fraction of sp³-hybridized carbons (Fsp3) is 0.231. The smallest absolute Gasteiger partial charge is 0.180 e. The number of rotatable bonds is 8. The minimum absolute atomic E-state index is 0.419. The van der Waals surface area contributed by atoms with Crippen LogP contribution in [-0.2, 0) is 25.2 Å². The lowest BCUT2D eigenvalue weighted by molar-refractivity contribution is 0.296. The first kappa shape index (κ1) is 22.0. The first-order valence-electron chi connectivity index (χ1n) is 10.7. The number of hydrogen-bond acceptors (Lipinski definition) is 5. The van der Waals surface area contributed by atoms with E-state index in [2.05, 4.69) is 34.5 Å². The number of hydrogen-bond donors (Lipinski definition) is 1. The summed E-state index contributed by atoms with van der Waals surface area (Å²) in [5, 5.41) is 8.67. The largest absolute Gasteiger partial charge is 0.496 e. The predicted molar refractivity (Wildman–Crippen MR) is 133 cm³/mol. The second kappa shape index (κ2) is 10.9. The maximum Gasteiger partial charge on any atom is 0.180 e. The van der Waals surface area contributed by atoms with E-state index in [0.29, 0.717) is 11.8 Å². The van der Waals surface area contributed by atoms with Gasteiger partial charge in [-0.1, -0.05) is 48.2 Å². The van der Waals surface area contributed by atoms with E-state index in [4.69, 9.17) is 15.2 Å². The Balaban J connectivity index is 1.37. The van der Waals surface area contributed by atoms with E-state index in [1.807, 2.05) is 42.5 Å². The van der Waals surface area contributed by atoms with Crippen molar-refractivity contribution >= 4 is 23.1 Å². The maximum atomic E-state index is 6.06. The highest BCUT2D eigenvalue weighted by Crippen LogP contribution is 2.27. The van der Waals surface area contributed by atoms with Gasteiger partial charge in [0, 0.05) is 11.3 Å². The maximum absolute atomic E-state index is 6.06. The Morgan fingerprint density at radius 3 is 2.72 bits per heavy atom. The van der Waals surface area contributed by atoms with Crippen LogP contribution in [-0.4, -0.2) is 18.5 Å². The molecule has 3 aromatic carbocycles. The number of ether oxygens (including phenoxy) is 2. The molecular weight excluding hydrogens is 418 g/mol. The molecule has 6 heteroatoms. The summed E-state index contributed by atoms with van der Waals surface area (Å²) in [6.07, 6.45) is 5.22. The van der Waals surface area contributed by atoms with Crippen LogP contribution in [0.1, 0.15) is 34.2 Å². The van der Waals surface area contributed by atoms with Gasteiger partial charge in [-0.25, -0.2) is 0 Å². The minimum Gasteiger partial charge on any atom is -0.496 e. The second-order valence-corrected chi connectivity index (χ2v) is 8.60. The monoisotopic (exact) mass is 445 g/mol. The molecule has 0 fully saturated rings. The Morgan fingerprint density at radius 2 is 1.88 bits per heavy atom. The molecule has 0 saturated heterocycles. The van der Waals surface area contributed by atoms with E-state index in [0.717, 1.165) is 34.8 Å². The Kier molecular flexibility index (Phi) is 7.46. The average molecular weight is 446 g/mol. The fourth-order valence-corrected chi connectivity index (χ4v) is 4.32. The van der Waals surface area contributed by atoms with Crippen molar-refractivity contribution < 1.29 is 9.47 Å². The first-order valence-corrected chi connectivity index (χ1v) is 11.6. The first-order chi connectivity index (χ1) is 15.7. The van der Waals surface area contributed by atoms with Crippen LogP contribution in [0.2, 0.25) is 0 Å². The van der Waals surface area contributed by atoms with Crippen LogP contribution in [0, 0.1) is 0 Å². The molecule has 0 aliphatic heterocycles. The number of benzene rings is 3. The molecule has 0 atom stereocenters. The van der Waals surface area contributed by atoms with E-state index in [1.165, 1.54) is 41.3 Å². The highest BCUT2D eigenvalue weighted by Gasteiger charge is 2.12. The summed E-state index contributed by atoms with van der Waals surface area (Å²) in [7, 11) is 1.66. The predicted octanol–water partition coefficient (Wildman–Crippen LogP) is 5.34. The molecule has 4 rings (SSSR count). The Hall–Kier alpha value is -3.25. The summed E-state index contributed by atoms with van der Waals surface area (Å²) < 4.78 is 11.6. The number of methoxy groups -OCH3 is 1. The van der Waals surface area contributed by atoms with Gasteiger partial charge in [0.1, 0.15) is 18.1 Å². The van der Waals surface area contributed by atoms with Gasteiger partial charge in [-0.3, -0.25) is 0 Å². The van der Waals surface area contributed by atoms with Crippen molar-refractivity contribution in [2.45, 2.75) is 31.6 Å². The summed E-state index contributed by atoms with van der Waals surface area (Å²) in [4.78, 5) is 0. The third-order valence-corrected chi connectivity index (χ3v) is 6.22. The molecule has 1 aliphatic carbocycles. The standard InChI is InChI=1S/C26H27N3O2S/c1-30-25-13-10-20(16-28-29-26(27)32-18-19-6-3-2-4-7-19)14-23(25)17-31-24-12-11-21-8-5-9-22(21)15-24/h2-4,6-7,10-16H,5,8-9,17-18H2,1H3,(H2,27,29). The number of nitrogens with two attached hydrogens (primary N) is 1. The molecule has 32 heavy (non-hydrogen) atoms. The molecule has 0 bridgehead atoms. The summed E-state index contributed by atoms with van der Waals surface area (Å²) in [5.41, 5.74) is 11.9. The highest BCUT2D eigenvalue weighted by atomic mass is 32.2. The Morgan fingerprint density at radius 1 is 1.03 bits per heavy atom. The molecule has 0 amide bonds. The van der Waals surface area contributed by atoms with Crippen molar-refractivity contribution in [1.29, 1.82) is 0 Å². The van der Waals surface area contributed by atoms with Gasteiger partial charge in [-0.05, 0) is 71.8 Å². The molecule has 0 unspecified atom stereocenters. The van der Waals surface area contributed by atoms with Gasteiger partial charge < -0.3 is 15.2 Å². The molecular formula is C26H27N3O2S. The van der Waals surface area contributed by atoms with Gasteiger partial charge in [-0.2, -0.15) is 5.10 Å². The average Bonchev–Trinajstić information content (AvgIpc) is 3.30. The van der Waals surface area contributed by atoms with Crippen molar-refractivity contribution in [2.75, 3.05) is 7.11 Å².